The molecule has 8 nitrogen and oxygen atoms in total. The van der Waals surface area contributed by atoms with E-state index >= 15 is 0 Å². The van der Waals surface area contributed by atoms with E-state index in [1.807, 2.05) is 38.1 Å². The lowest BCUT2D eigenvalue weighted by molar-refractivity contribution is -0.0549. The summed E-state index contributed by atoms with van der Waals surface area (Å²) in [6, 6.07) is 21.4. The zero-order valence-corrected chi connectivity index (χ0v) is 23.1. The van der Waals surface area contributed by atoms with Gasteiger partial charge in [0.2, 0.25) is 0 Å². The third kappa shape index (κ3) is 3.60. The first kappa shape index (κ1) is 26.8. The van der Waals surface area contributed by atoms with E-state index in [-0.39, 0.29) is 35.1 Å². The van der Waals surface area contributed by atoms with Crippen LogP contribution in [0.25, 0.3) is 21.5 Å². The Morgan fingerprint density at radius 2 is 1.05 bits per heavy atom. The van der Waals surface area contributed by atoms with Crippen LogP contribution >= 0.6 is 0 Å². The van der Waals surface area contributed by atoms with Crippen LogP contribution < -0.4 is 11.5 Å². The average Bonchev–Trinajstić information content (AvgIpc) is 3.38. The Balaban J connectivity index is 1.63. The number of rotatable bonds is 8. The van der Waals surface area contributed by atoms with Gasteiger partial charge in [-0.2, -0.15) is 0 Å². The number of hydrogen-bond donors (Lipinski definition) is 2. The molecule has 4 amide bonds. The maximum absolute atomic E-state index is 14.5. The first-order chi connectivity index (χ1) is 19.7. The SMILES string of the molecule is CCCCC(N1C(=O)c2ccc3ccccc3c2C1=O)(N1C(=O)c2ccc3ccccc3c2C1=O)C(N)(N)CCC. The highest BCUT2D eigenvalue weighted by Crippen LogP contribution is 2.46. The first-order valence-corrected chi connectivity index (χ1v) is 14.1. The molecule has 4 aromatic rings. The van der Waals surface area contributed by atoms with Crippen molar-refractivity contribution in [1.29, 1.82) is 0 Å². The minimum absolute atomic E-state index is 0.0449. The van der Waals surface area contributed by atoms with Crippen LogP contribution in [-0.4, -0.2) is 44.8 Å². The molecule has 2 aliphatic heterocycles. The van der Waals surface area contributed by atoms with Gasteiger partial charge in [0.05, 0.1) is 22.3 Å². The van der Waals surface area contributed by atoms with E-state index in [1.165, 1.54) is 0 Å². The summed E-state index contributed by atoms with van der Waals surface area (Å²) >= 11 is 0. The summed E-state index contributed by atoms with van der Waals surface area (Å²) in [5.74, 6) is -2.47. The summed E-state index contributed by atoms with van der Waals surface area (Å²) in [6.07, 6.45) is 1.81. The maximum Gasteiger partial charge on any atom is 0.264 e. The molecular formula is C33H32N4O4. The van der Waals surface area contributed by atoms with E-state index in [4.69, 9.17) is 11.5 Å². The lowest BCUT2D eigenvalue weighted by Crippen LogP contribution is -2.81. The molecule has 41 heavy (non-hydrogen) atoms. The van der Waals surface area contributed by atoms with Gasteiger partial charge in [-0.1, -0.05) is 87.4 Å². The number of imide groups is 2. The molecule has 0 saturated carbocycles. The minimum Gasteiger partial charge on any atom is -0.310 e. The quantitative estimate of drug-likeness (QED) is 0.231. The van der Waals surface area contributed by atoms with Gasteiger partial charge in [-0.3, -0.25) is 19.2 Å². The molecular weight excluding hydrogens is 516 g/mol. The van der Waals surface area contributed by atoms with Gasteiger partial charge in [0.1, 0.15) is 5.66 Å². The van der Waals surface area contributed by atoms with E-state index in [9.17, 15) is 19.2 Å². The Hall–Kier alpha value is -4.40. The van der Waals surface area contributed by atoms with Crippen molar-refractivity contribution in [2.24, 2.45) is 11.5 Å². The largest absolute Gasteiger partial charge is 0.310 e. The van der Waals surface area contributed by atoms with E-state index < -0.39 is 35.0 Å². The molecule has 0 aromatic heterocycles. The topological polar surface area (TPSA) is 127 Å². The van der Waals surface area contributed by atoms with Crippen molar-refractivity contribution in [3.8, 4) is 0 Å². The molecule has 0 spiro atoms. The van der Waals surface area contributed by atoms with Crippen molar-refractivity contribution in [3.05, 3.63) is 95.1 Å². The number of carbonyl (C=O) groups excluding carboxylic acids is 4. The molecule has 0 radical (unpaired) electrons. The van der Waals surface area contributed by atoms with Crippen LogP contribution in [0, 0.1) is 0 Å². The van der Waals surface area contributed by atoms with Gasteiger partial charge in [0, 0.05) is 0 Å². The lowest BCUT2D eigenvalue weighted by atomic mass is 9.82. The molecule has 0 bridgehead atoms. The molecule has 0 aliphatic carbocycles. The predicted molar refractivity (Wildman–Crippen MR) is 157 cm³/mol. The Labute approximate surface area is 237 Å². The van der Waals surface area contributed by atoms with Crippen molar-refractivity contribution < 1.29 is 19.2 Å². The monoisotopic (exact) mass is 548 g/mol. The fourth-order valence-corrected chi connectivity index (χ4v) is 6.69. The number of amides is 4. The van der Waals surface area contributed by atoms with Crippen LogP contribution in [0.1, 0.15) is 87.4 Å². The normalized spacial score (nSPS) is 15.4. The molecule has 0 fully saturated rings. The van der Waals surface area contributed by atoms with Crippen LogP contribution in [0.15, 0.2) is 72.8 Å². The standard InChI is InChI=1S/C33H32N4O4/c1-3-5-19-33(32(34,35)18-4-2,36-28(38)24-16-14-20-10-6-8-12-22(20)26(24)30(36)40)37-29(39)25-17-15-21-11-7-9-13-23(21)27(25)31(37)41/h6-17H,3-5,18-19,34-35H2,1-2H3. The fraction of sp³-hybridized carbons (Fsp3) is 0.273. The third-order valence-electron chi connectivity index (χ3n) is 8.59. The fourth-order valence-electron chi connectivity index (χ4n) is 6.69. The minimum atomic E-state index is -1.96. The number of unbranched alkanes of at least 4 members (excludes halogenated alkanes) is 1. The molecule has 4 aromatic carbocycles. The molecule has 6 rings (SSSR count). The molecule has 0 atom stereocenters. The number of nitrogens with zero attached hydrogens (tertiary/aromatic N) is 2. The predicted octanol–water partition coefficient (Wildman–Crippen LogP) is 5.19. The van der Waals surface area contributed by atoms with Crippen LogP contribution in [0.5, 0.6) is 0 Å². The van der Waals surface area contributed by atoms with Gasteiger partial charge in [0.25, 0.3) is 23.6 Å². The highest BCUT2D eigenvalue weighted by Gasteiger charge is 2.65. The van der Waals surface area contributed by atoms with Gasteiger partial charge < -0.3 is 11.5 Å². The van der Waals surface area contributed by atoms with E-state index in [2.05, 4.69) is 0 Å². The number of fused-ring (bicyclic) bond motifs is 6. The van der Waals surface area contributed by atoms with Crippen molar-refractivity contribution >= 4 is 45.2 Å². The smallest absolute Gasteiger partial charge is 0.264 e. The molecule has 208 valence electrons. The summed E-state index contributed by atoms with van der Waals surface area (Å²) in [7, 11) is 0. The van der Waals surface area contributed by atoms with Gasteiger partial charge in [-0.25, -0.2) is 9.80 Å². The second-order valence-electron chi connectivity index (χ2n) is 11.0. The summed E-state index contributed by atoms with van der Waals surface area (Å²) in [4.78, 5) is 59.6. The van der Waals surface area contributed by atoms with Gasteiger partial charge >= 0.3 is 0 Å². The van der Waals surface area contributed by atoms with Crippen LogP contribution in [-0.2, 0) is 0 Å². The second-order valence-corrected chi connectivity index (χ2v) is 11.0. The Morgan fingerprint density at radius 1 is 0.585 bits per heavy atom. The van der Waals surface area contributed by atoms with Crippen molar-refractivity contribution in [2.45, 2.75) is 57.3 Å². The maximum atomic E-state index is 14.5. The van der Waals surface area contributed by atoms with Gasteiger partial charge in [-0.15, -0.1) is 0 Å². The van der Waals surface area contributed by atoms with Crippen LogP contribution in [0.3, 0.4) is 0 Å². The highest BCUT2D eigenvalue weighted by molar-refractivity contribution is 6.30. The highest BCUT2D eigenvalue weighted by atomic mass is 16.2. The van der Waals surface area contributed by atoms with Crippen molar-refractivity contribution in [2.75, 3.05) is 0 Å². The second kappa shape index (κ2) is 9.61. The Kier molecular flexibility index (Phi) is 6.28. The van der Waals surface area contributed by atoms with E-state index in [1.54, 1.807) is 48.5 Å². The summed E-state index contributed by atoms with van der Waals surface area (Å²) in [5.41, 5.74) is 11.0. The molecule has 0 saturated heterocycles. The third-order valence-corrected chi connectivity index (χ3v) is 8.59. The van der Waals surface area contributed by atoms with Crippen molar-refractivity contribution in [3.63, 3.8) is 0 Å². The van der Waals surface area contributed by atoms with Crippen LogP contribution in [0.2, 0.25) is 0 Å². The van der Waals surface area contributed by atoms with E-state index in [0.717, 1.165) is 20.6 Å². The number of benzene rings is 4. The molecule has 0 unspecified atom stereocenters. The molecule has 2 heterocycles. The zero-order chi connectivity index (χ0) is 29.1. The number of hydrogen-bond acceptors (Lipinski definition) is 6. The number of carbonyl (C=O) groups is 4. The molecule has 4 N–H and O–H groups in total. The average molecular weight is 549 g/mol. The lowest BCUT2D eigenvalue weighted by Gasteiger charge is -2.54. The summed E-state index contributed by atoms with van der Waals surface area (Å²) in [6.45, 7) is 3.83. The molecule has 8 heteroatoms. The van der Waals surface area contributed by atoms with Gasteiger partial charge in [0.15, 0.2) is 5.66 Å². The molecule has 2 aliphatic rings. The van der Waals surface area contributed by atoms with E-state index in [0.29, 0.717) is 30.0 Å². The number of nitrogens with two attached hydrogens (primary N) is 2. The zero-order valence-electron chi connectivity index (χ0n) is 23.1. The van der Waals surface area contributed by atoms with Crippen LogP contribution in [0.4, 0.5) is 0 Å². The summed E-state index contributed by atoms with van der Waals surface area (Å²) in [5, 5.41) is 2.80. The first-order valence-electron chi connectivity index (χ1n) is 14.1. The Morgan fingerprint density at radius 3 is 1.49 bits per heavy atom. The van der Waals surface area contributed by atoms with Crippen molar-refractivity contribution in [1.82, 2.24) is 9.80 Å². The Bertz CT molecular complexity index is 1660. The summed E-state index contributed by atoms with van der Waals surface area (Å²) < 4.78 is 0. The van der Waals surface area contributed by atoms with Gasteiger partial charge in [-0.05, 0) is 52.9 Å².